The maximum absolute atomic E-state index is 12.9. The van der Waals surface area contributed by atoms with E-state index in [4.69, 9.17) is 32.5 Å². The van der Waals surface area contributed by atoms with E-state index in [9.17, 15) is 8.42 Å². The summed E-state index contributed by atoms with van der Waals surface area (Å²) in [6, 6.07) is 13.9. The molecule has 0 saturated carbocycles. The number of piperazine rings is 1. The fourth-order valence-electron chi connectivity index (χ4n) is 3.51. The number of nitrogens with zero attached hydrogens (tertiary/aromatic N) is 3. The lowest BCUT2D eigenvalue weighted by atomic mass is 10.1. The third kappa shape index (κ3) is 4.73. The Bertz CT molecular complexity index is 1170. The minimum Gasteiger partial charge on any atom is -0.496 e. The molecule has 3 aromatic rings. The average Bonchev–Trinajstić information content (AvgIpc) is 3.24. The molecule has 1 aliphatic rings. The molecule has 2 heterocycles. The lowest BCUT2D eigenvalue weighted by Crippen LogP contribution is -2.48. The molecule has 1 saturated heterocycles. The number of methoxy groups -OCH3 is 1. The van der Waals surface area contributed by atoms with Crippen LogP contribution in [0.25, 0.3) is 11.3 Å². The predicted molar refractivity (Wildman–Crippen MR) is 119 cm³/mol. The second kappa shape index (κ2) is 9.18. The number of rotatable bonds is 6. The van der Waals surface area contributed by atoms with Crippen molar-refractivity contribution in [1.29, 1.82) is 0 Å². The van der Waals surface area contributed by atoms with E-state index in [-0.39, 0.29) is 9.92 Å². The molecule has 10 heteroatoms. The first-order chi connectivity index (χ1) is 14.9. The summed E-state index contributed by atoms with van der Waals surface area (Å²) >= 11 is 11.9. The van der Waals surface area contributed by atoms with Gasteiger partial charge in [-0.2, -0.15) is 4.31 Å². The van der Waals surface area contributed by atoms with Gasteiger partial charge in [0.1, 0.15) is 11.4 Å². The maximum Gasteiger partial charge on any atom is 0.243 e. The lowest BCUT2D eigenvalue weighted by Gasteiger charge is -2.33. The Balaban J connectivity index is 1.40. The van der Waals surface area contributed by atoms with Crippen molar-refractivity contribution in [2.24, 2.45) is 0 Å². The van der Waals surface area contributed by atoms with Gasteiger partial charge in [-0.25, -0.2) is 8.42 Å². The molecule has 0 unspecified atom stereocenters. The van der Waals surface area contributed by atoms with Crippen molar-refractivity contribution >= 4 is 33.2 Å². The number of para-hydroxylation sites is 1. The Morgan fingerprint density at radius 2 is 1.77 bits per heavy atom. The number of aromatic nitrogens is 1. The van der Waals surface area contributed by atoms with Crippen LogP contribution in [0, 0.1) is 0 Å². The molecule has 164 valence electrons. The molecule has 1 fully saturated rings. The van der Waals surface area contributed by atoms with Crippen LogP contribution >= 0.6 is 23.2 Å². The molecular weight excluding hydrogens is 461 g/mol. The van der Waals surface area contributed by atoms with E-state index >= 15 is 0 Å². The molecule has 7 nitrogen and oxygen atoms in total. The van der Waals surface area contributed by atoms with Crippen LogP contribution in [0.4, 0.5) is 0 Å². The first kappa shape index (κ1) is 22.1. The van der Waals surface area contributed by atoms with E-state index in [2.05, 4.69) is 10.1 Å². The summed E-state index contributed by atoms with van der Waals surface area (Å²) in [5.74, 6) is 1.44. The van der Waals surface area contributed by atoms with Gasteiger partial charge in [-0.05, 0) is 30.3 Å². The molecular formula is C21H21Cl2N3O4S. The van der Waals surface area contributed by atoms with Crippen molar-refractivity contribution in [2.45, 2.75) is 11.4 Å². The van der Waals surface area contributed by atoms with Crippen molar-refractivity contribution in [3.63, 3.8) is 0 Å². The van der Waals surface area contributed by atoms with Gasteiger partial charge in [-0.3, -0.25) is 4.90 Å². The highest BCUT2D eigenvalue weighted by Gasteiger charge is 2.29. The molecule has 2 aromatic carbocycles. The third-order valence-electron chi connectivity index (χ3n) is 5.18. The Morgan fingerprint density at radius 1 is 1.03 bits per heavy atom. The van der Waals surface area contributed by atoms with E-state index < -0.39 is 10.0 Å². The van der Waals surface area contributed by atoms with Crippen LogP contribution in [0.2, 0.25) is 10.0 Å². The molecule has 31 heavy (non-hydrogen) atoms. The van der Waals surface area contributed by atoms with Crippen molar-refractivity contribution in [3.8, 4) is 17.0 Å². The van der Waals surface area contributed by atoms with Gasteiger partial charge in [0, 0.05) is 37.8 Å². The molecule has 0 spiro atoms. The Hall–Kier alpha value is -2.10. The minimum absolute atomic E-state index is 0.145. The Kier molecular flexibility index (Phi) is 6.55. The third-order valence-corrected chi connectivity index (χ3v) is 7.82. The molecule has 0 aliphatic carbocycles. The van der Waals surface area contributed by atoms with Gasteiger partial charge in [0.05, 0.1) is 28.6 Å². The summed E-state index contributed by atoms with van der Waals surface area (Å²) in [5.41, 5.74) is 1.56. The Labute approximate surface area is 191 Å². The molecule has 0 N–H and O–H groups in total. The van der Waals surface area contributed by atoms with Gasteiger partial charge in [-0.1, -0.05) is 40.5 Å². The summed E-state index contributed by atoms with van der Waals surface area (Å²) in [6.07, 6.45) is 0. The monoisotopic (exact) mass is 481 g/mol. The van der Waals surface area contributed by atoms with Crippen LogP contribution in [-0.2, 0) is 16.6 Å². The highest BCUT2D eigenvalue weighted by Crippen LogP contribution is 2.30. The largest absolute Gasteiger partial charge is 0.496 e. The van der Waals surface area contributed by atoms with Gasteiger partial charge < -0.3 is 9.26 Å². The summed E-state index contributed by atoms with van der Waals surface area (Å²) < 4.78 is 38.2. The molecule has 0 radical (unpaired) electrons. The predicted octanol–water partition coefficient (Wildman–Crippen LogP) is 4.16. The first-order valence-corrected chi connectivity index (χ1v) is 11.8. The molecule has 4 rings (SSSR count). The normalized spacial score (nSPS) is 15.8. The van der Waals surface area contributed by atoms with E-state index in [1.807, 2.05) is 30.3 Å². The van der Waals surface area contributed by atoms with E-state index in [1.54, 1.807) is 7.11 Å². The van der Waals surface area contributed by atoms with E-state index in [0.717, 1.165) is 11.3 Å². The highest BCUT2D eigenvalue weighted by molar-refractivity contribution is 7.89. The zero-order valence-electron chi connectivity index (χ0n) is 16.8. The van der Waals surface area contributed by atoms with Crippen LogP contribution in [0.1, 0.15) is 5.76 Å². The molecule has 1 aliphatic heterocycles. The second-order valence-corrected chi connectivity index (χ2v) is 9.89. The number of halogens is 2. The van der Waals surface area contributed by atoms with Gasteiger partial charge in [0.15, 0.2) is 5.76 Å². The number of hydrogen-bond acceptors (Lipinski definition) is 6. The molecule has 0 atom stereocenters. The maximum atomic E-state index is 12.9. The zero-order valence-corrected chi connectivity index (χ0v) is 19.1. The lowest BCUT2D eigenvalue weighted by molar-refractivity contribution is 0.166. The van der Waals surface area contributed by atoms with Crippen molar-refractivity contribution in [3.05, 3.63) is 64.3 Å². The SMILES string of the molecule is COc1ccccc1-c1cc(CN2CCN(S(=O)(=O)c3ccc(Cl)c(Cl)c3)CC2)on1. The van der Waals surface area contributed by atoms with Gasteiger partial charge in [0.25, 0.3) is 0 Å². The molecule has 1 aromatic heterocycles. The fraction of sp³-hybridized carbons (Fsp3) is 0.286. The topological polar surface area (TPSA) is 75.9 Å². The van der Waals surface area contributed by atoms with E-state index in [0.29, 0.717) is 49.2 Å². The quantitative estimate of drug-likeness (QED) is 0.525. The average molecular weight is 482 g/mol. The summed E-state index contributed by atoms with van der Waals surface area (Å²) in [5, 5.41) is 4.70. The van der Waals surface area contributed by atoms with Crippen LogP contribution in [0.5, 0.6) is 5.75 Å². The minimum atomic E-state index is -3.62. The van der Waals surface area contributed by atoms with E-state index in [1.165, 1.54) is 22.5 Å². The highest BCUT2D eigenvalue weighted by atomic mass is 35.5. The number of sulfonamides is 1. The van der Waals surface area contributed by atoms with Gasteiger partial charge in [-0.15, -0.1) is 0 Å². The van der Waals surface area contributed by atoms with Gasteiger partial charge in [0.2, 0.25) is 10.0 Å². The fourth-order valence-corrected chi connectivity index (χ4v) is 5.32. The van der Waals surface area contributed by atoms with Crippen LogP contribution in [0.15, 0.2) is 57.9 Å². The molecule has 0 amide bonds. The number of benzene rings is 2. The van der Waals surface area contributed by atoms with Crippen LogP contribution < -0.4 is 4.74 Å². The summed E-state index contributed by atoms with van der Waals surface area (Å²) in [7, 11) is -2.01. The Morgan fingerprint density at radius 3 is 2.48 bits per heavy atom. The van der Waals surface area contributed by atoms with Crippen LogP contribution in [-0.4, -0.2) is 56.1 Å². The van der Waals surface area contributed by atoms with Crippen molar-refractivity contribution < 1.29 is 17.7 Å². The smallest absolute Gasteiger partial charge is 0.243 e. The van der Waals surface area contributed by atoms with Crippen molar-refractivity contribution in [1.82, 2.24) is 14.4 Å². The zero-order chi connectivity index (χ0) is 22.0. The van der Waals surface area contributed by atoms with Gasteiger partial charge >= 0.3 is 0 Å². The summed E-state index contributed by atoms with van der Waals surface area (Å²) in [6.45, 7) is 2.44. The number of hydrogen-bond donors (Lipinski definition) is 0. The first-order valence-electron chi connectivity index (χ1n) is 9.65. The standard InChI is InChI=1S/C21H21Cl2N3O4S/c1-29-21-5-3-2-4-17(21)20-12-15(30-24-20)14-25-8-10-26(11-9-25)31(27,28)16-6-7-18(22)19(23)13-16/h2-7,12-13H,8-11,14H2,1H3. The molecule has 0 bridgehead atoms. The van der Waals surface area contributed by atoms with Crippen molar-refractivity contribution in [2.75, 3.05) is 33.3 Å². The van der Waals surface area contributed by atoms with Crippen LogP contribution in [0.3, 0.4) is 0 Å². The number of ether oxygens (including phenoxy) is 1. The summed E-state index contributed by atoms with van der Waals surface area (Å²) in [4.78, 5) is 2.28. The second-order valence-electron chi connectivity index (χ2n) is 7.13.